The van der Waals surface area contributed by atoms with E-state index in [4.69, 9.17) is 4.74 Å². The molecule has 6 nitrogen and oxygen atoms in total. The highest BCUT2D eigenvalue weighted by molar-refractivity contribution is 5.71. The quantitative estimate of drug-likeness (QED) is 0.747. The fourth-order valence-corrected chi connectivity index (χ4v) is 3.20. The van der Waals surface area contributed by atoms with Crippen molar-refractivity contribution in [3.8, 4) is 0 Å². The molecule has 0 saturated heterocycles. The number of carbonyl (C=O) groups excluding carboxylic acids is 1. The molecule has 0 saturated carbocycles. The number of hydrogen-bond acceptors (Lipinski definition) is 5. The van der Waals surface area contributed by atoms with E-state index in [2.05, 4.69) is 52.4 Å². The topological polar surface area (TPSA) is 66.0 Å². The van der Waals surface area contributed by atoms with Crippen molar-refractivity contribution in [2.45, 2.75) is 58.7 Å². The average molecular weight is 373 g/mol. The van der Waals surface area contributed by atoms with Gasteiger partial charge in [0.25, 0.3) is 0 Å². The van der Waals surface area contributed by atoms with Gasteiger partial charge in [-0.2, -0.15) is 0 Å². The zero-order chi connectivity index (χ0) is 20.2. The lowest BCUT2D eigenvalue weighted by Crippen LogP contribution is -2.39. The average Bonchev–Trinajstić information content (AvgIpc) is 2.52. The van der Waals surface area contributed by atoms with Gasteiger partial charge < -0.3 is 20.3 Å². The molecule has 1 amide bonds. The maximum Gasteiger partial charge on any atom is 0.408 e. The summed E-state index contributed by atoms with van der Waals surface area (Å²) < 4.78 is 5.44. The SMILES string of the molecule is C=NC/C(C)=C\N(C)c1ccc2c(c1)[C@@H](NC(=O)OC(C)(C)C)C[C@@H](C)N2. The van der Waals surface area contributed by atoms with Crippen LogP contribution in [0.25, 0.3) is 0 Å². The Morgan fingerprint density at radius 1 is 1.48 bits per heavy atom. The van der Waals surface area contributed by atoms with Crippen LogP contribution in [0.5, 0.6) is 0 Å². The van der Waals surface area contributed by atoms with Crippen molar-refractivity contribution >= 4 is 24.2 Å². The minimum Gasteiger partial charge on any atom is -0.444 e. The minimum absolute atomic E-state index is 0.0978. The van der Waals surface area contributed by atoms with E-state index >= 15 is 0 Å². The Kier molecular flexibility index (Phi) is 6.52. The van der Waals surface area contributed by atoms with Crippen LogP contribution in [0.4, 0.5) is 16.2 Å². The number of anilines is 2. The van der Waals surface area contributed by atoms with E-state index in [1.165, 1.54) is 0 Å². The molecule has 0 bridgehead atoms. The summed E-state index contributed by atoms with van der Waals surface area (Å²) in [5, 5.41) is 6.52. The lowest BCUT2D eigenvalue weighted by Gasteiger charge is -2.33. The molecule has 148 valence electrons. The van der Waals surface area contributed by atoms with Crippen molar-refractivity contribution < 1.29 is 9.53 Å². The molecule has 2 N–H and O–H groups in total. The summed E-state index contributed by atoms with van der Waals surface area (Å²) in [5.74, 6) is 0. The summed E-state index contributed by atoms with van der Waals surface area (Å²) in [7, 11) is 2.00. The number of nitrogens with zero attached hydrogens (tertiary/aromatic N) is 2. The lowest BCUT2D eigenvalue weighted by molar-refractivity contribution is 0.0499. The van der Waals surface area contributed by atoms with Gasteiger partial charge in [-0.05, 0) is 77.1 Å². The molecule has 0 aromatic heterocycles. The normalized spacial score (nSPS) is 19.6. The molecular weight excluding hydrogens is 340 g/mol. The Labute approximate surface area is 162 Å². The largest absolute Gasteiger partial charge is 0.444 e. The lowest BCUT2D eigenvalue weighted by atomic mass is 9.93. The third-order valence-electron chi connectivity index (χ3n) is 4.28. The summed E-state index contributed by atoms with van der Waals surface area (Å²) in [6.07, 6.45) is 2.46. The van der Waals surface area contributed by atoms with Gasteiger partial charge in [0.1, 0.15) is 5.60 Å². The van der Waals surface area contributed by atoms with Crippen molar-refractivity contribution in [2.75, 3.05) is 23.8 Å². The Bertz CT molecular complexity index is 721. The van der Waals surface area contributed by atoms with Crippen LogP contribution in [0.3, 0.4) is 0 Å². The molecule has 1 aliphatic rings. The molecule has 0 unspecified atom stereocenters. The molecule has 6 heteroatoms. The highest BCUT2D eigenvalue weighted by Crippen LogP contribution is 2.35. The standard InChI is InChI=1S/C21H32N4O2/c1-14(12-22-6)13-25(7)16-8-9-18-17(11-16)19(10-15(2)23-18)24-20(26)27-21(3,4)5/h8-9,11,13,15,19,23H,6,10,12H2,1-5,7H3,(H,24,26)/b14-13-/t15-,19+/m1/s1. The van der Waals surface area contributed by atoms with Crippen LogP contribution < -0.4 is 15.5 Å². The van der Waals surface area contributed by atoms with Crippen molar-refractivity contribution in [3.63, 3.8) is 0 Å². The number of rotatable bonds is 5. The Morgan fingerprint density at radius 3 is 2.81 bits per heavy atom. The van der Waals surface area contributed by atoms with Gasteiger partial charge in [-0.1, -0.05) is 0 Å². The van der Waals surface area contributed by atoms with Crippen LogP contribution in [-0.2, 0) is 4.74 Å². The van der Waals surface area contributed by atoms with Crippen LogP contribution in [-0.4, -0.2) is 38.0 Å². The van der Waals surface area contributed by atoms with Gasteiger partial charge in [-0.3, -0.25) is 4.99 Å². The number of aliphatic imine (C=N–C) groups is 1. The zero-order valence-corrected chi connectivity index (χ0v) is 17.3. The highest BCUT2D eigenvalue weighted by atomic mass is 16.6. The minimum atomic E-state index is -0.519. The van der Waals surface area contributed by atoms with Crippen molar-refractivity contribution in [3.05, 3.63) is 35.5 Å². The molecule has 0 aliphatic carbocycles. The fourth-order valence-electron chi connectivity index (χ4n) is 3.20. The molecule has 1 heterocycles. The smallest absolute Gasteiger partial charge is 0.408 e. The van der Waals surface area contributed by atoms with Gasteiger partial charge in [0.15, 0.2) is 0 Å². The van der Waals surface area contributed by atoms with Crippen LogP contribution >= 0.6 is 0 Å². The second-order valence-electron chi connectivity index (χ2n) is 8.22. The predicted octanol–water partition coefficient (Wildman–Crippen LogP) is 4.50. The van der Waals surface area contributed by atoms with Gasteiger partial charge >= 0.3 is 6.09 Å². The van der Waals surface area contributed by atoms with Gasteiger partial charge in [0.05, 0.1) is 12.6 Å². The summed E-state index contributed by atoms with van der Waals surface area (Å²) >= 11 is 0. The van der Waals surface area contributed by atoms with E-state index in [0.717, 1.165) is 28.9 Å². The second-order valence-corrected chi connectivity index (χ2v) is 8.22. The third-order valence-corrected chi connectivity index (χ3v) is 4.28. The molecule has 0 fully saturated rings. The molecule has 0 spiro atoms. The summed E-state index contributed by atoms with van der Waals surface area (Å²) in [5.41, 5.74) is 3.76. The number of nitrogens with one attached hydrogen (secondary N) is 2. The van der Waals surface area contributed by atoms with Crippen molar-refractivity contribution in [2.24, 2.45) is 4.99 Å². The monoisotopic (exact) mass is 372 g/mol. The highest BCUT2D eigenvalue weighted by Gasteiger charge is 2.28. The molecule has 0 radical (unpaired) electrons. The fraction of sp³-hybridized carbons (Fsp3) is 0.524. The van der Waals surface area contributed by atoms with Gasteiger partial charge in [-0.25, -0.2) is 4.79 Å². The number of carbonyl (C=O) groups is 1. The van der Waals surface area contributed by atoms with Crippen LogP contribution in [0.1, 0.15) is 52.6 Å². The molecule has 1 aromatic carbocycles. The van der Waals surface area contributed by atoms with E-state index in [0.29, 0.717) is 6.54 Å². The molecule has 27 heavy (non-hydrogen) atoms. The number of alkyl carbamates (subject to hydrolysis) is 1. The number of amides is 1. The van der Waals surface area contributed by atoms with Crippen LogP contribution in [0.2, 0.25) is 0 Å². The van der Waals surface area contributed by atoms with Crippen LogP contribution in [0.15, 0.2) is 35.0 Å². The first kappa shape index (κ1) is 20.8. The predicted molar refractivity (Wildman–Crippen MR) is 113 cm³/mol. The maximum atomic E-state index is 12.3. The van der Waals surface area contributed by atoms with E-state index in [1.807, 2.05) is 40.9 Å². The Hall–Kier alpha value is -2.50. The summed E-state index contributed by atoms with van der Waals surface area (Å²) in [6.45, 7) is 13.9. The van der Waals surface area contributed by atoms with Gasteiger partial charge in [0, 0.05) is 30.7 Å². The molecule has 1 aromatic rings. The van der Waals surface area contributed by atoms with Gasteiger partial charge in [0.2, 0.25) is 0 Å². The van der Waals surface area contributed by atoms with E-state index in [9.17, 15) is 4.79 Å². The van der Waals surface area contributed by atoms with Gasteiger partial charge in [-0.15, -0.1) is 0 Å². The van der Waals surface area contributed by atoms with E-state index in [1.54, 1.807) is 0 Å². The van der Waals surface area contributed by atoms with Crippen molar-refractivity contribution in [1.82, 2.24) is 5.32 Å². The summed E-state index contributed by atoms with van der Waals surface area (Å²) in [6, 6.07) is 6.41. The molecule has 1 aliphatic heterocycles. The number of benzene rings is 1. The number of hydrogen-bond donors (Lipinski definition) is 2. The number of ether oxygens (including phenoxy) is 1. The third kappa shape index (κ3) is 6.01. The second kappa shape index (κ2) is 8.46. The van der Waals surface area contributed by atoms with Crippen LogP contribution in [0, 0.1) is 0 Å². The first-order chi connectivity index (χ1) is 12.6. The van der Waals surface area contributed by atoms with E-state index < -0.39 is 5.60 Å². The molecular formula is C21H32N4O2. The first-order valence-corrected chi connectivity index (χ1v) is 9.31. The molecule has 2 atom stereocenters. The van der Waals surface area contributed by atoms with Crippen molar-refractivity contribution in [1.29, 1.82) is 0 Å². The Morgan fingerprint density at radius 2 is 2.19 bits per heavy atom. The number of fused-ring (bicyclic) bond motifs is 1. The molecule has 2 rings (SSSR count). The summed E-state index contributed by atoms with van der Waals surface area (Å²) in [4.78, 5) is 18.3. The zero-order valence-electron chi connectivity index (χ0n) is 17.3. The van der Waals surface area contributed by atoms with E-state index in [-0.39, 0.29) is 18.2 Å². The Balaban J connectivity index is 2.25. The maximum absolute atomic E-state index is 12.3. The first-order valence-electron chi connectivity index (χ1n) is 9.31.